The van der Waals surface area contributed by atoms with Crippen molar-refractivity contribution in [2.75, 3.05) is 19.6 Å². The molecule has 0 aromatic rings. The van der Waals surface area contributed by atoms with Crippen LogP contribution in [0.25, 0.3) is 0 Å². The van der Waals surface area contributed by atoms with Crippen LogP contribution in [-0.2, 0) is 0 Å². The highest BCUT2D eigenvalue weighted by molar-refractivity contribution is 5.79. The molecular formula is C10H21N3. The molecule has 0 amide bonds. The van der Waals surface area contributed by atoms with Gasteiger partial charge in [0.05, 0.1) is 5.84 Å². The molecule has 1 saturated carbocycles. The number of amidine groups is 1. The summed E-state index contributed by atoms with van der Waals surface area (Å²) in [6, 6.07) is 0. The van der Waals surface area contributed by atoms with E-state index in [4.69, 9.17) is 11.1 Å². The van der Waals surface area contributed by atoms with Crippen molar-refractivity contribution in [2.45, 2.75) is 26.7 Å². The lowest BCUT2D eigenvalue weighted by atomic mass is 10.1. The molecule has 1 rings (SSSR count). The lowest BCUT2D eigenvalue weighted by Crippen LogP contribution is -2.35. The molecule has 0 aromatic heterocycles. The molecule has 0 bridgehead atoms. The van der Waals surface area contributed by atoms with Crippen molar-refractivity contribution in [3.8, 4) is 0 Å². The quantitative estimate of drug-likeness (QED) is 0.481. The van der Waals surface area contributed by atoms with Crippen molar-refractivity contribution < 1.29 is 0 Å². The lowest BCUT2D eigenvalue weighted by Gasteiger charge is -2.23. The van der Waals surface area contributed by atoms with E-state index >= 15 is 0 Å². The molecule has 1 unspecified atom stereocenters. The number of hydrogen-bond donors (Lipinski definition) is 2. The van der Waals surface area contributed by atoms with Crippen molar-refractivity contribution in [1.29, 1.82) is 5.41 Å². The normalized spacial score (nSPS) is 19.0. The Balaban J connectivity index is 2.24. The lowest BCUT2D eigenvalue weighted by molar-refractivity contribution is 0.260. The molecule has 0 aromatic carbocycles. The molecular weight excluding hydrogens is 162 g/mol. The Bertz CT molecular complexity index is 175. The van der Waals surface area contributed by atoms with Gasteiger partial charge >= 0.3 is 0 Å². The fourth-order valence-electron chi connectivity index (χ4n) is 1.48. The summed E-state index contributed by atoms with van der Waals surface area (Å²) in [5.74, 6) is 1.45. The molecule has 76 valence electrons. The van der Waals surface area contributed by atoms with Gasteiger partial charge in [0, 0.05) is 19.0 Å². The molecule has 1 aliphatic carbocycles. The Hall–Kier alpha value is -0.570. The van der Waals surface area contributed by atoms with E-state index in [2.05, 4.69) is 11.8 Å². The van der Waals surface area contributed by atoms with Crippen LogP contribution in [-0.4, -0.2) is 30.4 Å². The standard InChI is InChI=1S/C10H21N3/c1-3-13(7-9-4-5-9)6-8(2)10(11)12/h8-9H,3-7H2,1-2H3,(H3,11,12). The molecule has 1 atom stereocenters. The number of nitrogens with zero attached hydrogens (tertiary/aromatic N) is 1. The van der Waals surface area contributed by atoms with Crippen molar-refractivity contribution >= 4 is 5.84 Å². The molecule has 3 nitrogen and oxygen atoms in total. The van der Waals surface area contributed by atoms with Crippen LogP contribution in [0.3, 0.4) is 0 Å². The smallest absolute Gasteiger partial charge is 0.0947 e. The van der Waals surface area contributed by atoms with Gasteiger partial charge in [0.25, 0.3) is 0 Å². The molecule has 3 N–H and O–H groups in total. The van der Waals surface area contributed by atoms with Crippen LogP contribution in [0.5, 0.6) is 0 Å². The summed E-state index contributed by atoms with van der Waals surface area (Å²) < 4.78 is 0. The number of nitrogens with one attached hydrogen (secondary N) is 1. The van der Waals surface area contributed by atoms with Gasteiger partial charge in [-0.25, -0.2) is 0 Å². The summed E-state index contributed by atoms with van der Waals surface area (Å²) in [7, 11) is 0. The van der Waals surface area contributed by atoms with Crippen LogP contribution in [0.1, 0.15) is 26.7 Å². The van der Waals surface area contributed by atoms with Crippen LogP contribution in [0, 0.1) is 17.2 Å². The second-order valence-electron chi connectivity index (χ2n) is 4.15. The fraction of sp³-hybridized carbons (Fsp3) is 0.900. The van der Waals surface area contributed by atoms with Gasteiger partial charge in [-0.1, -0.05) is 13.8 Å². The van der Waals surface area contributed by atoms with Gasteiger partial charge in [-0.05, 0) is 25.3 Å². The first kappa shape index (κ1) is 10.5. The highest BCUT2D eigenvalue weighted by Crippen LogP contribution is 2.29. The fourth-order valence-corrected chi connectivity index (χ4v) is 1.48. The van der Waals surface area contributed by atoms with Crippen LogP contribution in [0.15, 0.2) is 0 Å². The average Bonchev–Trinajstić information content (AvgIpc) is 2.86. The minimum atomic E-state index is 0.207. The van der Waals surface area contributed by atoms with Gasteiger partial charge in [0.15, 0.2) is 0 Å². The molecule has 3 heteroatoms. The second-order valence-corrected chi connectivity index (χ2v) is 4.15. The minimum Gasteiger partial charge on any atom is -0.387 e. The van der Waals surface area contributed by atoms with Gasteiger partial charge in [0.1, 0.15) is 0 Å². The van der Waals surface area contributed by atoms with Crippen LogP contribution >= 0.6 is 0 Å². The zero-order valence-corrected chi connectivity index (χ0v) is 8.71. The van der Waals surface area contributed by atoms with E-state index < -0.39 is 0 Å². The van der Waals surface area contributed by atoms with Crippen LogP contribution in [0.4, 0.5) is 0 Å². The molecule has 0 aliphatic heterocycles. The number of rotatable bonds is 6. The van der Waals surface area contributed by atoms with Crippen LogP contribution < -0.4 is 5.73 Å². The van der Waals surface area contributed by atoms with Gasteiger partial charge < -0.3 is 10.6 Å². The topological polar surface area (TPSA) is 53.1 Å². The second kappa shape index (κ2) is 4.61. The third-order valence-electron chi connectivity index (χ3n) is 2.72. The van der Waals surface area contributed by atoms with Crippen molar-refractivity contribution in [1.82, 2.24) is 4.90 Å². The minimum absolute atomic E-state index is 0.207. The maximum atomic E-state index is 7.32. The first-order valence-corrected chi connectivity index (χ1v) is 5.19. The Kier molecular flexibility index (Phi) is 3.72. The molecule has 0 saturated heterocycles. The predicted molar refractivity (Wildman–Crippen MR) is 55.9 cm³/mol. The SMILES string of the molecule is CCN(CC1CC1)CC(C)C(=N)N. The first-order chi connectivity index (χ1) is 6.13. The van der Waals surface area contributed by atoms with E-state index in [1.165, 1.54) is 19.4 Å². The summed E-state index contributed by atoms with van der Waals surface area (Å²) in [5.41, 5.74) is 5.44. The molecule has 1 fully saturated rings. The Labute approximate surface area is 80.8 Å². The maximum Gasteiger partial charge on any atom is 0.0947 e. The zero-order valence-electron chi connectivity index (χ0n) is 8.71. The van der Waals surface area contributed by atoms with Crippen LogP contribution in [0.2, 0.25) is 0 Å². The molecule has 0 spiro atoms. The van der Waals surface area contributed by atoms with E-state index in [1.54, 1.807) is 0 Å². The number of hydrogen-bond acceptors (Lipinski definition) is 2. The van der Waals surface area contributed by atoms with Gasteiger partial charge in [-0.15, -0.1) is 0 Å². The molecule has 1 aliphatic rings. The van der Waals surface area contributed by atoms with Crippen molar-refractivity contribution in [3.63, 3.8) is 0 Å². The third-order valence-corrected chi connectivity index (χ3v) is 2.72. The maximum absolute atomic E-state index is 7.32. The monoisotopic (exact) mass is 183 g/mol. The highest BCUT2D eigenvalue weighted by atomic mass is 15.1. The summed E-state index contributed by atoms with van der Waals surface area (Å²) in [6.45, 7) is 7.43. The molecule has 13 heavy (non-hydrogen) atoms. The molecule has 0 heterocycles. The largest absolute Gasteiger partial charge is 0.387 e. The predicted octanol–water partition coefficient (Wildman–Crippen LogP) is 1.29. The average molecular weight is 183 g/mol. The summed E-state index contributed by atoms with van der Waals surface area (Å²) in [6.07, 6.45) is 2.79. The summed E-state index contributed by atoms with van der Waals surface area (Å²) >= 11 is 0. The Morgan fingerprint density at radius 3 is 2.62 bits per heavy atom. The summed E-state index contributed by atoms with van der Waals surface area (Å²) in [5, 5.41) is 7.32. The molecule has 0 radical (unpaired) electrons. The van der Waals surface area contributed by atoms with E-state index in [9.17, 15) is 0 Å². The Morgan fingerprint density at radius 1 is 1.62 bits per heavy atom. The van der Waals surface area contributed by atoms with E-state index in [1.807, 2.05) is 6.92 Å². The van der Waals surface area contributed by atoms with E-state index in [0.29, 0.717) is 5.84 Å². The van der Waals surface area contributed by atoms with E-state index in [0.717, 1.165) is 19.0 Å². The van der Waals surface area contributed by atoms with E-state index in [-0.39, 0.29) is 5.92 Å². The zero-order chi connectivity index (χ0) is 9.84. The summed E-state index contributed by atoms with van der Waals surface area (Å²) in [4.78, 5) is 2.41. The van der Waals surface area contributed by atoms with Crippen molar-refractivity contribution in [2.24, 2.45) is 17.6 Å². The number of nitrogens with two attached hydrogens (primary N) is 1. The van der Waals surface area contributed by atoms with Crippen molar-refractivity contribution in [3.05, 3.63) is 0 Å². The van der Waals surface area contributed by atoms with Gasteiger partial charge in [-0.2, -0.15) is 0 Å². The highest BCUT2D eigenvalue weighted by Gasteiger charge is 2.24. The third kappa shape index (κ3) is 3.77. The Morgan fingerprint density at radius 2 is 2.23 bits per heavy atom. The van der Waals surface area contributed by atoms with Gasteiger partial charge in [0.2, 0.25) is 0 Å². The van der Waals surface area contributed by atoms with Gasteiger partial charge in [-0.3, -0.25) is 5.41 Å². The first-order valence-electron chi connectivity index (χ1n) is 5.19.